The van der Waals surface area contributed by atoms with Crippen molar-refractivity contribution < 1.29 is 13.7 Å². The molecule has 0 bridgehead atoms. The fourth-order valence-corrected chi connectivity index (χ4v) is 1.84. The van der Waals surface area contributed by atoms with Gasteiger partial charge in [-0.1, -0.05) is 17.7 Å². The van der Waals surface area contributed by atoms with E-state index >= 15 is 0 Å². The normalized spacial score (nSPS) is 10.3. The molecule has 0 radical (unpaired) electrons. The summed E-state index contributed by atoms with van der Waals surface area (Å²) in [7, 11) is 0. The maximum Gasteiger partial charge on any atom is 0.289 e. The second-order valence-corrected chi connectivity index (χ2v) is 4.38. The first kappa shape index (κ1) is 14.2. The molecule has 0 heterocycles. The highest BCUT2D eigenvalue weighted by Gasteiger charge is 2.13. The lowest BCUT2D eigenvalue weighted by Crippen LogP contribution is -2.04. The Bertz CT molecular complexity index is 645. The van der Waals surface area contributed by atoms with Crippen LogP contribution in [0.15, 0.2) is 36.4 Å². The number of rotatable bonds is 4. The maximum absolute atomic E-state index is 13.4. The molecule has 1 N–H and O–H groups in total. The molecule has 0 aliphatic carbocycles. The Hall–Kier alpha value is -2.21. The van der Waals surface area contributed by atoms with Crippen molar-refractivity contribution in [1.29, 1.82) is 0 Å². The van der Waals surface area contributed by atoms with Gasteiger partial charge in [-0.05, 0) is 24.3 Å². The molecule has 7 heteroatoms. The van der Waals surface area contributed by atoms with E-state index in [2.05, 4.69) is 5.32 Å². The molecule has 0 amide bonds. The van der Waals surface area contributed by atoms with E-state index in [4.69, 9.17) is 11.6 Å². The Morgan fingerprint density at radius 2 is 1.85 bits per heavy atom. The van der Waals surface area contributed by atoms with Gasteiger partial charge in [-0.15, -0.1) is 0 Å². The van der Waals surface area contributed by atoms with Crippen LogP contribution in [-0.4, -0.2) is 4.92 Å². The van der Waals surface area contributed by atoms with Crippen LogP contribution in [0.3, 0.4) is 0 Å². The Balaban J connectivity index is 2.19. The van der Waals surface area contributed by atoms with E-state index in [1.54, 1.807) is 0 Å². The standard InChI is InChI=1S/C13H9ClF2N2O2/c14-10-5-4-8(6-13(10)18(19)20)17-7-9-11(15)2-1-3-12(9)16/h1-6,17H,7H2. The summed E-state index contributed by atoms with van der Waals surface area (Å²) in [6, 6.07) is 7.60. The largest absolute Gasteiger partial charge is 0.381 e. The molecule has 104 valence electrons. The van der Waals surface area contributed by atoms with Crippen molar-refractivity contribution in [2.75, 3.05) is 5.32 Å². The first-order chi connectivity index (χ1) is 9.49. The molecule has 2 rings (SSSR count). The highest BCUT2D eigenvalue weighted by atomic mass is 35.5. The van der Waals surface area contributed by atoms with Gasteiger partial charge < -0.3 is 5.32 Å². The molecule has 0 unspecified atom stereocenters. The lowest BCUT2D eigenvalue weighted by Gasteiger charge is -2.08. The zero-order chi connectivity index (χ0) is 14.7. The second-order valence-electron chi connectivity index (χ2n) is 3.98. The number of halogens is 3. The van der Waals surface area contributed by atoms with Gasteiger partial charge in [0.2, 0.25) is 0 Å². The van der Waals surface area contributed by atoms with Crippen LogP contribution < -0.4 is 5.32 Å². The van der Waals surface area contributed by atoms with Crippen molar-refractivity contribution in [2.45, 2.75) is 6.54 Å². The van der Waals surface area contributed by atoms with Crippen molar-refractivity contribution in [1.82, 2.24) is 0 Å². The number of benzene rings is 2. The number of hydrogen-bond acceptors (Lipinski definition) is 3. The fraction of sp³-hybridized carbons (Fsp3) is 0.0769. The summed E-state index contributed by atoms with van der Waals surface area (Å²) in [5.74, 6) is -1.36. The third-order valence-electron chi connectivity index (χ3n) is 2.67. The highest BCUT2D eigenvalue weighted by Crippen LogP contribution is 2.27. The van der Waals surface area contributed by atoms with E-state index in [-0.39, 0.29) is 22.8 Å². The van der Waals surface area contributed by atoms with Gasteiger partial charge in [-0.3, -0.25) is 10.1 Å². The van der Waals surface area contributed by atoms with E-state index in [0.29, 0.717) is 5.69 Å². The predicted molar refractivity (Wildman–Crippen MR) is 71.8 cm³/mol. The van der Waals surface area contributed by atoms with Crippen molar-refractivity contribution in [2.24, 2.45) is 0 Å². The average molecular weight is 299 g/mol. The molecule has 0 aliphatic rings. The van der Waals surface area contributed by atoms with Crippen molar-refractivity contribution in [3.05, 3.63) is 68.7 Å². The molecule has 0 atom stereocenters. The van der Waals surface area contributed by atoms with Crippen LogP contribution in [0.2, 0.25) is 5.02 Å². The summed E-state index contributed by atoms with van der Waals surface area (Å²) in [5.41, 5.74) is -0.0560. The molecule has 2 aromatic rings. The predicted octanol–water partition coefficient (Wildman–Crippen LogP) is 4.14. The van der Waals surface area contributed by atoms with Crippen LogP contribution in [0.25, 0.3) is 0 Å². The molecular formula is C13H9ClF2N2O2. The third-order valence-corrected chi connectivity index (χ3v) is 2.99. The minimum absolute atomic E-state index is 0.00220. The minimum Gasteiger partial charge on any atom is -0.381 e. The van der Waals surface area contributed by atoms with Crippen LogP contribution in [0.5, 0.6) is 0 Å². The number of nitrogens with zero attached hydrogens (tertiary/aromatic N) is 1. The number of nitro benzene ring substituents is 1. The van der Waals surface area contributed by atoms with Gasteiger partial charge in [0.1, 0.15) is 16.7 Å². The van der Waals surface area contributed by atoms with Crippen LogP contribution in [-0.2, 0) is 6.54 Å². The monoisotopic (exact) mass is 298 g/mol. The molecule has 2 aromatic carbocycles. The van der Waals surface area contributed by atoms with Crippen molar-refractivity contribution >= 4 is 23.0 Å². The first-order valence-corrected chi connectivity index (χ1v) is 5.97. The van der Waals surface area contributed by atoms with Crippen molar-refractivity contribution in [3.63, 3.8) is 0 Å². The number of anilines is 1. The van der Waals surface area contributed by atoms with E-state index in [9.17, 15) is 18.9 Å². The SMILES string of the molecule is O=[N+]([O-])c1cc(NCc2c(F)cccc2F)ccc1Cl. The molecule has 20 heavy (non-hydrogen) atoms. The van der Waals surface area contributed by atoms with E-state index in [0.717, 1.165) is 12.1 Å². The molecule has 0 aliphatic heterocycles. The van der Waals surface area contributed by atoms with Gasteiger partial charge in [0.15, 0.2) is 0 Å². The Kier molecular flexibility index (Phi) is 4.14. The minimum atomic E-state index is -0.680. The summed E-state index contributed by atoms with van der Waals surface area (Å²) < 4.78 is 26.8. The molecule has 0 fully saturated rings. The van der Waals surface area contributed by atoms with E-state index in [1.807, 2.05) is 0 Å². The van der Waals surface area contributed by atoms with Gasteiger partial charge in [-0.25, -0.2) is 8.78 Å². The zero-order valence-electron chi connectivity index (χ0n) is 10.1. The first-order valence-electron chi connectivity index (χ1n) is 5.59. The van der Waals surface area contributed by atoms with Crippen molar-refractivity contribution in [3.8, 4) is 0 Å². The van der Waals surface area contributed by atoms with Crippen LogP contribution in [0.1, 0.15) is 5.56 Å². The third kappa shape index (κ3) is 3.03. The smallest absolute Gasteiger partial charge is 0.289 e. The van der Waals surface area contributed by atoms with Gasteiger partial charge >= 0.3 is 0 Å². The Morgan fingerprint density at radius 3 is 2.45 bits per heavy atom. The number of nitro groups is 1. The number of hydrogen-bond donors (Lipinski definition) is 1. The summed E-state index contributed by atoms with van der Waals surface area (Å²) in [5, 5.41) is 13.4. The lowest BCUT2D eigenvalue weighted by atomic mass is 10.2. The summed E-state index contributed by atoms with van der Waals surface area (Å²) in [6.07, 6.45) is 0. The summed E-state index contributed by atoms with van der Waals surface area (Å²) in [4.78, 5) is 10.1. The molecule has 0 spiro atoms. The van der Waals surface area contributed by atoms with Crippen LogP contribution in [0, 0.1) is 21.7 Å². The highest BCUT2D eigenvalue weighted by molar-refractivity contribution is 6.32. The molecular weight excluding hydrogens is 290 g/mol. The van der Waals surface area contributed by atoms with Gasteiger partial charge in [0.05, 0.1) is 4.92 Å². The topological polar surface area (TPSA) is 55.2 Å². The van der Waals surface area contributed by atoms with E-state index in [1.165, 1.54) is 24.3 Å². The average Bonchev–Trinajstić information content (AvgIpc) is 2.39. The summed E-state index contributed by atoms with van der Waals surface area (Å²) >= 11 is 5.67. The Labute approximate surface area is 118 Å². The number of nitrogens with one attached hydrogen (secondary N) is 1. The zero-order valence-corrected chi connectivity index (χ0v) is 10.8. The van der Waals surface area contributed by atoms with Gasteiger partial charge in [0, 0.05) is 23.9 Å². The van der Waals surface area contributed by atoms with Crippen LogP contribution >= 0.6 is 11.6 Å². The lowest BCUT2D eigenvalue weighted by molar-refractivity contribution is -0.384. The second kappa shape index (κ2) is 5.83. The maximum atomic E-state index is 13.4. The van der Waals surface area contributed by atoms with E-state index < -0.39 is 16.6 Å². The Morgan fingerprint density at radius 1 is 1.20 bits per heavy atom. The molecule has 0 saturated heterocycles. The van der Waals surface area contributed by atoms with Gasteiger partial charge in [-0.2, -0.15) is 0 Å². The fourth-order valence-electron chi connectivity index (χ4n) is 1.65. The van der Waals surface area contributed by atoms with Gasteiger partial charge in [0.25, 0.3) is 5.69 Å². The quantitative estimate of drug-likeness (QED) is 0.682. The summed E-state index contributed by atoms with van der Waals surface area (Å²) in [6.45, 7) is -0.128. The molecule has 4 nitrogen and oxygen atoms in total. The molecule has 0 saturated carbocycles. The van der Waals surface area contributed by atoms with Crippen LogP contribution in [0.4, 0.5) is 20.2 Å². The molecule has 0 aromatic heterocycles.